The van der Waals surface area contributed by atoms with Crippen molar-refractivity contribution < 1.29 is 37.8 Å². The number of sulfonamides is 1. The van der Waals surface area contributed by atoms with Gasteiger partial charge in [-0.3, -0.25) is 9.59 Å². The van der Waals surface area contributed by atoms with Crippen LogP contribution >= 0.6 is 11.8 Å². The molecular weight excluding hydrogens is 691 g/mol. The first-order valence-corrected chi connectivity index (χ1v) is 20.1. The summed E-state index contributed by atoms with van der Waals surface area (Å²) in [5.74, 6) is -2.74. The summed E-state index contributed by atoms with van der Waals surface area (Å²) in [5.41, 5.74) is 1.35. The highest BCUT2D eigenvalue weighted by atomic mass is 32.2. The van der Waals surface area contributed by atoms with Crippen molar-refractivity contribution in [3.63, 3.8) is 0 Å². The highest BCUT2D eigenvalue weighted by molar-refractivity contribution is 7.98. The van der Waals surface area contributed by atoms with Crippen molar-refractivity contribution in [1.82, 2.24) is 15.4 Å². The number of thioether (sulfide) groups is 1. The number of hydrogen-bond acceptors (Lipinski definition) is 8. The second kappa shape index (κ2) is 17.9. The predicted molar refractivity (Wildman–Crippen MR) is 198 cm³/mol. The molecule has 0 spiro atoms. The summed E-state index contributed by atoms with van der Waals surface area (Å²) in [6, 6.07) is 16.4. The van der Waals surface area contributed by atoms with Gasteiger partial charge in [-0.2, -0.15) is 0 Å². The molecule has 3 atom stereocenters. The lowest BCUT2D eigenvalue weighted by Gasteiger charge is -2.35. The molecule has 1 aliphatic heterocycles. The van der Waals surface area contributed by atoms with Crippen LogP contribution in [0, 0.1) is 0 Å². The lowest BCUT2D eigenvalue weighted by molar-refractivity contribution is -0.142. The molecule has 3 aromatic rings. The molecule has 11 nitrogen and oxygen atoms in total. The molecule has 0 aromatic heterocycles. The lowest BCUT2D eigenvalue weighted by atomic mass is 9.75. The van der Waals surface area contributed by atoms with Crippen molar-refractivity contribution in [3.8, 4) is 11.5 Å². The molecule has 4 rings (SSSR count). The summed E-state index contributed by atoms with van der Waals surface area (Å²) >= 11 is 1.37. The Kier molecular flexibility index (Phi) is 14.0. The van der Waals surface area contributed by atoms with Crippen LogP contribution in [0.15, 0.2) is 76.5 Å². The maximum Gasteiger partial charge on any atom is 0.326 e. The quantitative estimate of drug-likeness (QED) is 0.100. The van der Waals surface area contributed by atoms with Crippen molar-refractivity contribution in [2.75, 3.05) is 12.9 Å². The number of phenols is 1. The highest BCUT2D eigenvalue weighted by Gasteiger charge is 2.43. The minimum Gasteiger partial charge on any atom is -0.508 e. The standard InChI is InChI=1S/C38H49N3O8S2/c1-5-8-19-38(20-9-6-2)23-29(25-13-11-10-12-14-25)28-21-32(50-4)31(22-33(28)51(47,48)41-38)49-24-34(43)40-35(26-15-17-27(42)18-16-26)36(44)39-30(7-3)37(45)46/h10-18,21-22,29-30,35,41-42H,5-9,19-20,23-24H2,1-4H3,(H,39,44)(H,40,43)(H,45,46)/t29?,30-,35+/m0/s1. The zero-order chi connectivity index (χ0) is 37.2. The van der Waals surface area contributed by atoms with Gasteiger partial charge in [-0.05, 0) is 66.8 Å². The van der Waals surface area contributed by atoms with E-state index in [2.05, 4.69) is 29.2 Å². The Labute approximate surface area is 305 Å². The number of aliphatic carboxylic acids is 1. The Balaban J connectivity index is 1.68. The number of carbonyl (C=O) groups excluding carboxylic acids is 2. The molecule has 276 valence electrons. The van der Waals surface area contributed by atoms with E-state index >= 15 is 0 Å². The van der Waals surface area contributed by atoms with Gasteiger partial charge in [0.15, 0.2) is 6.61 Å². The molecule has 5 N–H and O–H groups in total. The molecule has 2 amide bonds. The van der Waals surface area contributed by atoms with Gasteiger partial charge in [-0.25, -0.2) is 17.9 Å². The molecule has 0 saturated heterocycles. The van der Waals surface area contributed by atoms with Crippen LogP contribution in [0.4, 0.5) is 0 Å². The van der Waals surface area contributed by atoms with Crippen molar-refractivity contribution >= 4 is 39.6 Å². The van der Waals surface area contributed by atoms with Crippen molar-refractivity contribution in [3.05, 3.63) is 83.4 Å². The summed E-state index contributed by atoms with van der Waals surface area (Å²) in [4.78, 5) is 38.9. The first-order chi connectivity index (χ1) is 24.4. The van der Waals surface area contributed by atoms with Crippen molar-refractivity contribution in [2.45, 2.75) is 105 Å². The maximum absolute atomic E-state index is 14.3. The average molecular weight is 740 g/mol. The molecule has 1 heterocycles. The number of rotatable bonds is 17. The molecule has 0 fully saturated rings. The van der Waals surface area contributed by atoms with Gasteiger partial charge >= 0.3 is 5.97 Å². The molecule has 13 heteroatoms. The molecule has 3 aromatic carbocycles. The SMILES string of the molecule is CCCCC1(CCCC)CC(c2ccccc2)c2cc(SC)c(OCC(=O)N[C@@H](C(=O)N[C@@H](CC)C(=O)O)c3ccc(O)cc3)cc2S(=O)(=O)N1. The van der Waals surface area contributed by atoms with Crippen molar-refractivity contribution in [1.29, 1.82) is 0 Å². The fraction of sp³-hybridized carbons (Fsp3) is 0.447. The molecule has 0 radical (unpaired) electrons. The first kappa shape index (κ1) is 39.7. The summed E-state index contributed by atoms with van der Waals surface area (Å²) in [6.07, 6.45) is 7.61. The summed E-state index contributed by atoms with van der Waals surface area (Å²) in [5, 5.41) is 24.3. The fourth-order valence-corrected chi connectivity index (χ4v) is 8.87. The van der Waals surface area contributed by atoms with Crippen LogP contribution in [0.2, 0.25) is 0 Å². The summed E-state index contributed by atoms with van der Waals surface area (Å²) < 4.78 is 37.8. The van der Waals surface area contributed by atoms with E-state index in [9.17, 15) is 33.0 Å². The third-order valence-corrected chi connectivity index (χ3v) is 11.7. The number of amides is 2. The maximum atomic E-state index is 14.3. The van der Waals surface area contributed by atoms with E-state index in [4.69, 9.17) is 4.74 Å². The largest absolute Gasteiger partial charge is 0.508 e. The fourth-order valence-electron chi connectivity index (χ4n) is 6.57. The lowest BCUT2D eigenvalue weighted by Crippen LogP contribution is -2.48. The number of benzene rings is 3. The van der Waals surface area contributed by atoms with Gasteiger partial charge in [0.05, 0.1) is 4.90 Å². The topological polar surface area (TPSA) is 171 Å². The first-order valence-electron chi connectivity index (χ1n) is 17.4. The minimum atomic E-state index is -4.03. The number of phenolic OH excluding ortho intramolecular Hbond substituents is 1. The normalized spacial score (nSPS) is 17.3. The third kappa shape index (κ3) is 10.0. The highest BCUT2D eigenvalue weighted by Crippen LogP contribution is 2.46. The monoisotopic (exact) mass is 739 g/mol. The smallest absolute Gasteiger partial charge is 0.326 e. The van der Waals surface area contributed by atoms with Crippen LogP contribution in [0.5, 0.6) is 11.5 Å². The number of unbranched alkanes of at least 4 members (excludes halogenated alkanes) is 2. The molecule has 1 aliphatic rings. The van der Waals surface area contributed by atoms with E-state index in [0.717, 1.165) is 31.2 Å². The third-order valence-electron chi connectivity index (χ3n) is 9.30. The van der Waals surface area contributed by atoms with Gasteiger partial charge < -0.3 is 25.6 Å². The van der Waals surface area contributed by atoms with Gasteiger partial charge in [0.25, 0.3) is 5.91 Å². The van der Waals surface area contributed by atoms with E-state index in [-0.39, 0.29) is 28.7 Å². The van der Waals surface area contributed by atoms with E-state index in [1.165, 1.54) is 42.1 Å². The van der Waals surface area contributed by atoms with Crippen LogP contribution < -0.4 is 20.1 Å². The summed E-state index contributed by atoms with van der Waals surface area (Å²) in [6.45, 7) is 5.25. The minimum absolute atomic E-state index is 0.0516. The number of carbonyl (C=O) groups is 3. The second-order valence-corrected chi connectivity index (χ2v) is 15.5. The number of aromatic hydroxyl groups is 1. The van der Waals surface area contributed by atoms with Crippen LogP contribution in [0.1, 0.15) is 101 Å². The average Bonchev–Trinajstić information content (AvgIpc) is 3.21. The van der Waals surface area contributed by atoms with Gasteiger partial charge in [-0.15, -0.1) is 11.8 Å². The van der Waals surface area contributed by atoms with Crippen LogP contribution in [-0.4, -0.2) is 60.9 Å². The molecule has 0 saturated carbocycles. The van der Waals surface area contributed by atoms with Gasteiger partial charge in [0.1, 0.15) is 23.6 Å². The Bertz CT molecular complexity index is 1760. The molecule has 1 unspecified atom stereocenters. The Morgan fingerprint density at radius 1 is 0.980 bits per heavy atom. The Hall–Kier alpha value is -4.07. The number of fused-ring (bicyclic) bond motifs is 1. The Morgan fingerprint density at radius 3 is 2.20 bits per heavy atom. The van der Waals surface area contributed by atoms with E-state index in [1.807, 2.05) is 42.7 Å². The van der Waals surface area contributed by atoms with Crippen LogP contribution in [-0.2, 0) is 24.4 Å². The van der Waals surface area contributed by atoms with Crippen LogP contribution in [0.25, 0.3) is 0 Å². The number of carboxylic acid groups (broad SMARTS) is 1. The molecule has 51 heavy (non-hydrogen) atoms. The zero-order valence-electron chi connectivity index (χ0n) is 29.6. The van der Waals surface area contributed by atoms with E-state index < -0.39 is 52.0 Å². The molecule has 0 bridgehead atoms. The molecule has 0 aliphatic carbocycles. The van der Waals surface area contributed by atoms with Crippen LogP contribution in [0.3, 0.4) is 0 Å². The number of hydrogen-bond donors (Lipinski definition) is 5. The second-order valence-electron chi connectivity index (χ2n) is 13.0. The van der Waals surface area contributed by atoms with Gasteiger partial charge in [-0.1, -0.05) is 88.9 Å². The summed E-state index contributed by atoms with van der Waals surface area (Å²) in [7, 11) is -4.03. The Morgan fingerprint density at radius 2 is 1.63 bits per heavy atom. The van der Waals surface area contributed by atoms with Gasteiger partial charge in [0, 0.05) is 22.4 Å². The van der Waals surface area contributed by atoms with Gasteiger partial charge in [0.2, 0.25) is 15.9 Å². The van der Waals surface area contributed by atoms with Crippen molar-refractivity contribution in [2.24, 2.45) is 0 Å². The number of ether oxygens (including phenoxy) is 1. The van der Waals surface area contributed by atoms with E-state index in [0.29, 0.717) is 35.3 Å². The molecular formula is C38H49N3O8S2. The zero-order valence-corrected chi connectivity index (χ0v) is 31.2. The number of nitrogens with one attached hydrogen (secondary N) is 3. The van der Waals surface area contributed by atoms with E-state index in [1.54, 1.807) is 6.92 Å². The predicted octanol–water partition coefficient (Wildman–Crippen LogP) is 6.26. The number of carboxylic acids is 1.